The monoisotopic (exact) mass is 491 g/mol. The van der Waals surface area contributed by atoms with Crippen LogP contribution in [-0.4, -0.2) is 44.7 Å². The molecule has 1 unspecified atom stereocenters. The number of carbonyl (C=O) groups is 1. The predicted molar refractivity (Wildman–Crippen MR) is 125 cm³/mol. The van der Waals surface area contributed by atoms with Crippen LogP contribution < -0.4 is 16.4 Å². The Morgan fingerprint density at radius 3 is 2.57 bits per heavy atom. The topological polar surface area (TPSA) is 120 Å². The van der Waals surface area contributed by atoms with E-state index in [4.69, 9.17) is 10.5 Å². The lowest BCUT2D eigenvalue weighted by atomic mass is 10.1. The van der Waals surface area contributed by atoms with Crippen LogP contribution in [0.25, 0.3) is 11.2 Å². The Morgan fingerprint density at radius 1 is 1.20 bits per heavy atom. The fourth-order valence-corrected chi connectivity index (χ4v) is 4.24. The van der Waals surface area contributed by atoms with Gasteiger partial charge in [0.25, 0.3) is 0 Å². The molecule has 2 aromatic heterocycles. The number of primary amides is 1. The molecule has 3 aromatic rings. The number of aromatic nitrogens is 4. The molecule has 12 heteroatoms. The van der Waals surface area contributed by atoms with Crippen LogP contribution in [0.2, 0.25) is 0 Å². The van der Waals surface area contributed by atoms with Crippen LogP contribution in [0.4, 0.5) is 30.8 Å². The lowest BCUT2D eigenvalue weighted by molar-refractivity contribution is -0.118. The Kier molecular flexibility index (Phi) is 7.69. The van der Waals surface area contributed by atoms with Gasteiger partial charge in [-0.25, -0.2) is 23.1 Å². The minimum Gasteiger partial charge on any atom is -0.381 e. The van der Waals surface area contributed by atoms with Crippen LogP contribution >= 0.6 is 0 Å². The van der Waals surface area contributed by atoms with Gasteiger partial charge in [0, 0.05) is 43.9 Å². The maximum absolute atomic E-state index is 14.4. The molecule has 1 aromatic carbocycles. The van der Waals surface area contributed by atoms with Gasteiger partial charge in [-0.2, -0.15) is 4.98 Å². The van der Waals surface area contributed by atoms with Crippen molar-refractivity contribution in [2.75, 3.05) is 23.8 Å². The summed E-state index contributed by atoms with van der Waals surface area (Å²) in [6.45, 7) is 3.27. The zero-order valence-electron chi connectivity index (χ0n) is 19.4. The molecule has 1 aliphatic heterocycles. The fraction of sp³-hybridized carbons (Fsp3) is 0.478. The molecule has 1 fully saturated rings. The first-order chi connectivity index (χ1) is 16.9. The van der Waals surface area contributed by atoms with Gasteiger partial charge in [-0.15, -0.1) is 0 Å². The van der Waals surface area contributed by atoms with Crippen molar-refractivity contribution in [3.63, 3.8) is 0 Å². The SMILES string of the molecule is CCCC(CCC(N)=O)n1c(Nc2c(F)cc(F)cc2F)nc2cnc(NC3CCOCC3)nc21. The molecular weight excluding hydrogens is 463 g/mol. The molecule has 1 atom stereocenters. The highest BCUT2D eigenvalue weighted by Crippen LogP contribution is 2.33. The van der Waals surface area contributed by atoms with E-state index in [-0.39, 0.29) is 24.5 Å². The molecule has 1 aliphatic rings. The lowest BCUT2D eigenvalue weighted by Crippen LogP contribution is -2.28. The van der Waals surface area contributed by atoms with Gasteiger partial charge < -0.3 is 21.1 Å². The number of hydrogen-bond acceptors (Lipinski definition) is 7. The van der Waals surface area contributed by atoms with Crippen LogP contribution in [0, 0.1) is 17.5 Å². The van der Waals surface area contributed by atoms with Gasteiger partial charge in [0.05, 0.1) is 6.20 Å². The Hall–Kier alpha value is -3.41. The summed E-state index contributed by atoms with van der Waals surface area (Å²) >= 11 is 0. The largest absolute Gasteiger partial charge is 0.381 e. The summed E-state index contributed by atoms with van der Waals surface area (Å²) in [6, 6.07) is 1.03. The first-order valence-corrected chi connectivity index (χ1v) is 11.6. The summed E-state index contributed by atoms with van der Waals surface area (Å²) in [4.78, 5) is 25.0. The van der Waals surface area contributed by atoms with Gasteiger partial charge in [-0.05, 0) is 25.7 Å². The van der Waals surface area contributed by atoms with Crippen molar-refractivity contribution in [1.29, 1.82) is 0 Å². The minimum atomic E-state index is -1.10. The summed E-state index contributed by atoms with van der Waals surface area (Å²) in [5, 5.41) is 5.97. The molecule has 9 nitrogen and oxygen atoms in total. The molecule has 3 heterocycles. The third-order valence-electron chi connectivity index (χ3n) is 5.94. The van der Waals surface area contributed by atoms with E-state index in [1.54, 1.807) is 4.57 Å². The molecule has 1 saturated heterocycles. The average Bonchev–Trinajstić information content (AvgIpc) is 3.17. The highest BCUT2D eigenvalue weighted by atomic mass is 19.1. The summed E-state index contributed by atoms with van der Waals surface area (Å²) < 4.78 is 49.4. The maximum atomic E-state index is 14.4. The fourth-order valence-electron chi connectivity index (χ4n) is 4.24. The van der Waals surface area contributed by atoms with E-state index in [0.717, 1.165) is 19.3 Å². The number of carbonyl (C=O) groups excluding carboxylic acids is 1. The Bertz CT molecular complexity index is 1170. The normalized spacial score (nSPS) is 15.3. The second-order valence-corrected chi connectivity index (χ2v) is 8.56. The van der Waals surface area contributed by atoms with E-state index in [1.807, 2.05) is 6.92 Å². The second-order valence-electron chi connectivity index (χ2n) is 8.56. The number of ether oxygens (including phenoxy) is 1. The first-order valence-electron chi connectivity index (χ1n) is 11.6. The van der Waals surface area contributed by atoms with E-state index >= 15 is 0 Å². The number of nitrogens with zero attached hydrogens (tertiary/aromatic N) is 4. The Balaban J connectivity index is 1.77. The van der Waals surface area contributed by atoms with Crippen LogP contribution in [0.5, 0.6) is 0 Å². The summed E-state index contributed by atoms with van der Waals surface area (Å²) in [5.74, 6) is -3.20. The quantitative estimate of drug-likeness (QED) is 0.389. The molecule has 0 radical (unpaired) electrons. The van der Waals surface area contributed by atoms with Crippen molar-refractivity contribution in [1.82, 2.24) is 19.5 Å². The predicted octanol–water partition coefficient (Wildman–Crippen LogP) is 4.18. The summed E-state index contributed by atoms with van der Waals surface area (Å²) in [6.07, 6.45) is 5.04. The number of hydrogen-bond donors (Lipinski definition) is 3. The average molecular weight is 492 g/mol. The van der Waals surface area contributed by atoms with Gasteiger partial charge in [-0.3, -0.25) is 9.36 Å². The Labute approximate surface area is 200 Å². The molecule has 0 aliphatic carbocycles. The van der Waals surface area contributed by atoms with Gasteiger partial charge in [0.15, 0.2) is 17.3 Å². The van der Waals surface area contributed by atoms with Gasteiger partial charge in [0.1, 0.15) is 17.0 Å². The number of halogens is 3. The molecule has 4 N–H and O–H groups in total. The molecule has 1 amide bonds. The first kappa shape index (κ1) is 24.7. The van der Waals surface area contributed by atoms with Crippen LogP contribution in [-0.2, 0) is 9.53 Å². The van der Waals surface area contributed by atoms with E-state index < -0.39 is 29.0 Å². The van der Waals surface area contributed by atoms with Crippen molar-refractivity contribution in [3.05, 3.63) is 35.8 Å². The molecule has 35 heavy (non-hydrogen) atoms. The number of nitrogens with one attached hydrogen (secondary N) is 2. The van der Waals surface area contributed by atoms with Crippen LogP contribution in [0.15, 0.2) is 18.3 Å². The van der Waals surface area contributed by atoms with Crippen LogP contribution in [0.1, 0.15) is 51.5 Å². The van der Waals surface area contributed by atoms with Crippen molar-refractivity contribution in [3.8, 4) is 0 Å². The number of anilines is 3. The van der Waals surface area contributed by atoms with E-state index in [2.05, 4.69) is 25.6 Å². The third kappa shape index (κ3) is 5.81. The Morgan fingerprint density at radius 2 is 1.91 bits per heavy atom. The zero-order valence-corrected chi connectivity index (χ0v) is 19.4. The maximum Gasteiger partial charge on any atom is 0.224 e. The van der Waals surface area contributed by atoms with Crippen molar-refractivity contribution >= 4 is 34.7 Å². The highest BCUT2D eigenvalue weighted by molar-refractivity contribution is 5.77. The van der Waals surface area contributed by atoms with Crippen LogP contribution in [0.3, 0.4) is 0 Å². The van der Waals surface area contributed by atoms with E-state index in [9.17, 15) is 18.0 Å². The van der Waals surface area contributed by atoms with E-state index in [1.165, 1.54) is 6.20 Å². The zero-order chi connectivity index (χ0) is 24.9. The molecule has 0 bridgehead atoms. The number of fused-ring (bicyclic) bond motifs is 1. The van der Waals surface area contributed by atoms with Gasteiger partial charge in [0.2, 0.25) is 17.8 Å². The molecule has 0 saturated carbocycles. The second kappa shape index (κ2) is 10.9. The molecule has 0 spiro atoms. The minimum absolute atomic E-state index is 0.102. The standard InChI is InChI=1S/C23H28F3N7O2/c1-2-3-15(4-5-19(27)34)33-21-18(12-28-22(32-21)29-14-6-8-35-9-7-14)30-23(33)31-20-16(25)10-13(24)11-17(20)26/h10-12,14-15H,2-9H2,1H3,(H2,27,34)(H,30,31)(H,28,29,32). The number of amides is 1. The molecule has 4 rings (SSSR count). The lowest BCUT2D eigenvalue weighted by Gasteiger charge is -2.23. The molecule has 188 valence electrons. The summed E-state index contributed by atoms with van der Waals surface area (Å²) in [7, 11) is 0. The number of benzene rings is 1. The third-order valence-corrected chi connectivity index (χ3v) is 5.94. The van der Waals surface area contributed by atoms with Gasteiger partial charge >= 0.3 is 0 Å². The van der Waals surface area contributed by atoms with Crippen molar-refractivity contribution in [2.24, 2.45) is 5.73 Å². The number of rotatable bonds is 10. The van der Waals surface area contributed by atoms with E-state index in [0.29, 0.717) is 55.3 Å². The van der Waals surface area contributed by atoms with Crippen molar-refractivity contribution in [2.45, 2.75) is 57.5 Å². The number of nitrogens with two attached hydrogens (primary N) is 1. The molecular formula is C23H28F3N7O2. The summed E-state index contributed by atoms with van der Waals surface area (Å²) in [5.41, 5.74) is 5.68. The van der Waals surface area contributed by atoms with Crippen molar-refractivity contribution < 1.29 is 22.7 Å². The van der Waals surface area contributed by atoms with Gasteiger partial charge in [-0.1, -0.05) is 13.3 Å². The number of imidazole rings is 1. The smallest absolute Gasteiger partial charge is 0.224 e. The highest BCUT2D eigenvalue weighted by Gasteiger charge is 2.24.